The van der Waals surface area contributed by atoms with E-state index in [1.807, 2.05) is 11.6 Å². The second-order valence-corrected chi connectivity index (χ2v) is 4.41. The van der Waals surface area contributed by atoms with E-state index < -0.39 is 0 Å². The zero-order valence-electron chi connectivity index (χ0n) is 9.32. The molecule has 1 heterocycles. The first-order valence-corrected chi connectivity index (χ1v) is 6.00. The molecule has 0 saturated heterocycles. The Labute approximate surface area is 107 Å². The van der Waals surface area contributed by atoms with Crippen molar-refractivity contribution in [1.29, 1.82) is 0 Å². The second kappa shape index (κ2) is 5.37. The molecular formula is C11H12BrFN4. The molecule has 0 amide bonds. The van der Waals surface area contributed by atoms with Gasteiger partial charge in [0.2, 0.25) is 0 Å². The number of rotatable bonds is 4. The molecule has 1 aromatic carbocycles. The number of nitrogens with one attached hydrogen (secondary N) is 1. The van der Waals surface area contributed by atoms with Gasteiger partial charge in [-0.25, -0.2) is 4.39 Å². The van der Waals surface area contributed by atoms with Crippen LogP contribution in [-0.4, -0.2) is 28.4 Å². The predicted octanol–water partition coefficient (Wildman–Crippen LogP) is 2.07. The zero-order valence-corrected chi connectivity index (χ0v) is 10.9. The normalized spacial score (nSPS) is 10.8. The lowest BCUT2D eigenvalue weighted by molar-refractivity contribution is 0.614. The van der Waals surface area contributed by atoms with Crippen molar-refractivity contribution in [2.24, 2.45) is 0 Å². The van der Waals surface area contributed by atoms with Gasteiger partial charge in [-0.1, -0.05) is 6.07 Å². The van der Waals surface area contributed by atoms with Gasteiger partial charge >= 0.3 is 0 Å². The van der Waals surface area contributed by atoms with Crippen LogP contribution in [0.2, 0.25) is 0 Å². The van der Waals surface area contributed by atoms with Gasteiger partial charge in [-0.05, 0) is 35.1 Å². The molecule has 0 radical (unpaired) electrons. The maximum Gasteiger partial charge on any atom is 0.166 e. The lowest BCUT2D eigenvalue weighted by Crippen LogP contribution is -2.15. The summed E-state index contributed by atoms with van der Waals surface area (Å²) in [6.07, 6.45) is 1.60. The van der Waals surface area contributed by atoms with Crippen molar-refractivity contribution in [3.05, 3.63) is 34.8 Å². The summed E-state index contributed by atoms with van der Waals surface area (Å²) in [5.41, 5.74) is 0.452. The Morgan fingerprint density at radius 2 is 2.29 bits per heavy atom. The van der Waals surface area contributed by atoms with Crippen LogP contribution in [0.3, 0.4) is 0 Å². The average molecular weight is 299 g/mol. The molecule has 1 N–H and O–H groups in total. The van der Waals surface area contributed by atoms with Crippen molar-refractivity contribution in [2.45, 2.75) is 6.54 Å². The lowest BCUT2D eigenvalue weighted by atomic mass is 10.2. The van der Waals surface area contributed by atoms with Gasteiger partial charge in [0.15, 0.2) is 5.82 Å². The van der Waals surface area contributed by atoms with Crippen LogP contribution in [0.4, 0.5) is 4.39 Å². The van der Waals surface area contributed by atoms with Gasteiger partial charge in [-0.2, -0.15) is 0 Å². The van der Waals surface area contributed by atoms with Gasteiger partial charge in [-0.15, -0.1) is 10.2 Å². The number of nitrogens with zero attached hydrogens (tertiary/aromatic N) is 3. The van der Waals surface area contributed by atoms with Crippen LogP contribution in [0.1, 0.15) is 0 Å². The Morgan fingerprint density at radius 3 is 3.06 bits per heavy atom. The molecule has 0 unspecified atom stereocenters. The number of hydrogen-bond donors (Lipinski definition) is 1. The van der Waals surface area contributed by atoms with Crippen LogP contribution >= 0.6 is 15.9 Å². The number of benzene rings is 1. The molecule has 0 bridgehead atoms. The van der Waals surface area contributed by atoms with E-state index in [1.54, 1.807) is 24.5 Å². The van der Waals surface area contributed by atoms with Crippen molar-refractivity contribution in [3.63, 3.8) is 0 Å². The fourth-order valence-electron chi connectivity index (χ4n) is 1.54. The molecule has 1 aromatic heterocycles. The summed E-state index contributed by atoms with van der Waals surface area (Å²) in [4.78, 5) is 0. The van der Waals surface area contributed by atoms with Crippen LogP contribution in [0.25, 0.3) is 11.4 Å². The van der Waals surface area contributed by atoms with Crippen LogP contribution < -0.4 is 5.32 Å². The van der Waals surface area contributed by atoms with Crippen LogP contribution in [0, 0.1) is 5.82 Å². The minimum absolute atomic E-state index is 0.314. The van der Waals surface area contributed by atoms with E-state index in [0.717, 1.165) is 6.54 Å². The predicted molar refractivity (Wildman–Crippen MR) is 67.0 cm³/mol. The SMILES string of the molecule is CNCCn1cnnc1-c1cccc(Br)c1F. The van der Waals surface area contributed by atoms with E-state index in [2.05, 4.69) is 31.4 Å². The Bertz CT molecular complexity index is 512. The Morgan fingerprint density at radius 1 is 1.47 bits per heavy atom. The highest BCUT2D eigenvalue weighted by molar-refractivity contribution is 9.10. The highest BCUT2D eigenvalue weighted by Gasteiger charge is 2.13. The highest BCUT2D eigenvalue weighted by atomic mass is 79.9. The molecule has 2 rings (SSSR count). The largest absolute Gasteiger partial charge is 0.318 e. The molecule has 0 atom stereocenters. The summed E-state index contributed by atoms with van der Waals surface area (Å²) >= 11 is 3.16. The average Bonchev–Trinajstić information content (AvgIpc) is 2.78. The van der Waals surface area contributed by atoms with Gasteiger partial charge in [0.1, 0.15) is 12.1 Å². The van der Waals surface area contributed by atoms with Crippen LogP contribution in [-0.2, 0) is 6.54 Å². The second-order valence-electron chi connectivity index (χ2n) is 3.55. The van der Waals surface area contributed by atoms with Crippen molar-refractivity contribution in [1.82, 2.24) is 20.1 Å². The van der Waals surface area contributed by atoms with Crippen molar-refractivity contribution in [3.8, 4) is 11.4 Å². The molecule has 0 aliphatic rings. The summed E-state index contributed by atoms with van der Waals surface area (Å²) in [5.74, 6) is 0.227. The van der Waals surface area contributed by atoms with Gasteiger partial charge in [0.25, 0.3) is 0 Å². The molecule has 0 aliphatic heterocycles. The van der Waals surface area contributed by atoms with Gasteiger partial charge in [0.05, 0.1) is 10.0 Å². The monoisotopic (exact) mass is 298 g/mol. The number of aromatic nitrogens is 3. The molecule has 0 saturated carbocycles. The van der Waals surface area contributed by atoms with Crippen molar-refractivity contribution < 1.29 is 4.39 Å². The third kappa shape index (κ3) is 2.53. The summed E-state index contributed by atoms with van der Waals surface area (Å²) in [7, 11) is 1.86. The standard InChI is InChI=1S/C11H12BrFN4/c1-14-5-6-17-7-15-16-11(17)8-3-2-4-9(12)10(8)13/h2-4,7,14H,5-6H2,1H3. The molecular weight excluding hydrogens is 287 g/mol. The van der Waals surface area contributed by atoms with E-state index in [0.29, 0.717) is 22.4 Å². The summed E-state index contributed by atoms with van der Waals surface area (Å²) < 4.78 is 16.2. The summed E-state index contributed by atoms with van der Waals surface area (Å²) in [5, 5.41) is 10.8. The molecule has 90 valence electrons. The zero-order chi connectivity index (χ0) is 12.3. The third-order valence-corrected chi connectivity index (χ3v) is 3.02. The molecule has 0 fully saturated rings. The van der Waals surface area contributed by atoms with E-state index in [9.17, 15) is 4.39 Å². The van der Waals surface area contributed by atoms with E-state index in [4.69, 9.17) is 0 Å². The fraction of sp³-hybridized carbons (Fsp3) is 0.273. The minimum atomic E-state index is -0.314. The van der Waals surface area contributed by atoms with Crippen molar-refractivity contribution >= 4 is 15.9 Å². The van der Waals surface area contributed by atoms with Crippen LogP contribution in [0.15, 0.2) is 29.0 Å². The lowest BCUT2D eigenvalue weighted by Gasteiger charge is -2.07. The third-order valence-electron chi connectivity index (χ3n) is 2.41. The van der Waals surface area contributed by atoms with E-state index in [-0.39, 0.29) is 5.82 Å². The van der Waals surface area contributed by atoms with E-state index in [1.165, 1.54) is 0 Å². The Kier molecular flexibility index (Phi) is 3.86. The molecule has 0 aliphatic carbocycles. The summed E-state index contributed by atoms with van der Waals surface area (Å²) in [6, 6.07) is 5.13. The van der Waals surface area contributed by atoms with Gasteiger partial charge in [-0.3, -0.25) is 0 Å². The first-order valence-electron chi connectivity index (χ1n) is 5.21. The minimum Gasteiger partial charge on any atom is -0.318 e. The summed E-state index contributed by atoms with van der Waals surface area (Å²) in [6.45, 7) is 1.48. The quantitative estimate of drug-likeness (QED) is 0.940. The molecule has 17 heavy (non-hydrogen) atoms. The number of likely N-dealkylation sites (N-methyl/N-ethyl adjacent to an activating group) is 1. The topological polar surface area (TPSA) is 42.7 Å². The Balaban J connectivity index is 2.39. The molecule has 4 nitrogen and oxygen atoms in total. The molecule has 2 aromatic rings. The van der Waals surface area contributed by atoms with Crippen LogP contribution in [0.5, 0.6) is 0 Å². The smallest absolute Gasteiger partial charge is 0.166 e. The number of hydrogen-bond acceptors (Lipinski definition) is 3. The fourth-order valence-corrected chi connectivity index (χ4v) is 1.90. The maximum absolute atomic E-state index is 13.9. The highest BCUT2D eigenvalue weighted by Crippen LogP contribution is 2.26. The number of halogens is 2. The van der Waals surface area contributed by atoms with Crippen molar-refractivity contribution in [2.75, 3.05) is 13.6 Å². The Hall–Kier alpha value is -1.27. The first-order chi connectivity index (χ1) is 8.24. The molecule has 6 heteroatoms. The van der Waals surface area contributed by atoms with Gasteiger partial charge in [0, 0.05) is 13.1 Å². The van der Waals surface area contributed by atoms with E-state index >= 15 is 0 Å². The van der Waals surface area contributed by atoms with Gasteiger partial charge < -0.3 is 9.88 Å². The first kappa shape index (κ1) is 12.2. The maximum atomic E-state index is 13.9. The molecule has 0 spiro atoms.